The van der Waals surface area contributed by atoms with Gasteiger partial charge < -0.3 is 4.40 Å². The van der Waals surface area contributed by atoms with Gasteiger partial charge in [-0.15, -0.1) is 0 Å². The van der Waals surface area contributed by atoms with Gasteiger partial charge in [-0.25, -0.2) is 4.98 Å². The van der Waals surface area contributed by atoms with Crippen molar-refractivity contribution in [3.63, 3.8) is 0 Å². The molecule has 3 nitrogen and oxygen atoms in total. The summed E-state index contributed by atoms with van der Waals surface area (Å²) in [4.78, 5) is 7.04. The Morgan fingerprint density at radius 1 is 1.41 bits per heavy atom. The second kappa shape index (κ2) is 5.65. The van der Waals surface area contributed by atoms with Gasteiger partial charge in [0, 0.05) is 36.9 Å². The standard InChI is InChI=1S/C13H18BrN3/c1-11(2)16(8-6-14)9-12-10-17-7-4-3-5-13(17)15-12/h3-5,7,10-11H,6,8-9H2,1-2H3. The van der Waals surface area contributed by atoms with Crippen molar-refractivity contribution in [1.82, 2.24) is 14.3 Å². The zero-order valence-corrected chi connectivity index (χ0v) is 11.9. The summed E-state index contributed by atoms with van der Waals surface area (Å²) >= 11 is 3.50. The normalized spacial score (nSPS) is 11.8. The first kappa shape index (κ1) is 12.6. The molecule has 17 heavy (non-hydrogen) atoms. The molecule has 0 saturated heterocycles. The average Bonchev–Trinajstić information content (AvgIpc) is 2.70. The molecule has 0 bridgehead atoms. The molecule has 0 aliphatic carbocycles. The van der Waals surface area contributed by atoms with Crippen molar-refractivity contribution in [1.29, 1.82) is 0 Å². The number of hydrogen-bond donors (Lipinski definition) is 0. The van der Waals surface area contributed by atoms with Crippen molar-refractivity contribution in [2.45, 2.75) is 26.4 Å². The number of imidazole rings is 1. The van der Waals surface area contributed by atoms with E-state index in [2.05, 4.69) is 50.3 Å². The van der Waals surface area contributed by atoms with E-state index in [1.54, 1.807) is 0 Å². The van der Waals surface area contributed by atoms with Crippen LogP contribution >= 0.6 is 15.9 Å². The quantitative estimate of drug-likeness (QED) is 0.791. The zero-order valence-electron chi connectivity index (χ0n) is 10.3. The molecule has 2 aromatic heterocycles. The lowest BCUT2D eigenvalue weighted by atomic mass is 10.3. The Bertz CT molecular complexity index is 445. The maximum atomic E-state index is 4.62. The smallest absolute Gasteiger partial charge is 0.137 e. The summed E-state index contributed by atoms with van der Waals surface area (Å²) < 4.78 is 2.07. The van der Waals surface area contributed by atoms with E-state index in [0.29, 0.717) is 6.04 Å². The number of halogens is 1. The molecule has 0 atom stereocenters. The van der Waals surface area contributed by atoms with Gasteiger partial charge in [0.15, 0.2) is 0 Å². The number of rotatable bonds is 5. The molecule has 4 heteroatoms. The molecule has 0 radical (unpaired) electrons. The Hall–Kier alpha value is -0.870. The van der Waals surface area contributed by atoms with Gasteiger partial charge in [-0.3, -0.25) is 4.90 Å². The zero-order chi connectivity index (χ0) is 12.3. The lowest BCUT2D eigenvalue weighted by Gasteiger charge is -2.24. The highest BCUT2D eigenvalue weighted by molar-refractivity contribution is 9.09. The molecule has 0 N–H and O–H groups in total. The van der Waals surface area contributed by atoms with Crippen molar-refractivity contribution in [3.8, 4) is 0 Å². The number of fused-ring (bicyclic) bond motifs is 1. The molecule has 0 spiro atoms. The van der Waals surface area contributed by atoms with Crippen molar-refractivity contribution in [3.05, 3.63) is 36.3 Å². The summed E-state index contributed by atoms with van der Waals surface area (Å²) in [6.45, 7) is 6.40. The number of hydrogen-bond acceptors (Lipinski definition) is 2. The Morgan fingerprint density at radius 2 is 2.24 bits per heavy atom. The molecule has 2 aromatic rings. The van der Waals surface area contributed by atoms with Crippen LogP contribution < -0.4 is 0 Å². The third-order valence-corrected chi connectivity index (χ3v) is 3.24. The van der Waals surface area contributed by atoms with Crippen molar-refractivity contribution >= 4 is 21.6 Å². The first-order valence-corrected chi connectivity index (χ1v) is 7.05. The van der Waals surface area contributed by atoms with E-state index < -0.39 is 0 Å². The number of nitrogens with zero attached hydrogens (tertiary/aromatic N) is 3. The van der Waals surface area contributed by atoms with Crippen LogP contribution in [0.5, 0.6) is 0 Å². The van der Waals surface area contributed by atoms with E-state index in [-0.39, 0.29) is 0 Å². The largest absolute Gasteiger partial charge is 0.307 e. The van der Waals surface area contributed by atoms with E-state index in [0.717, 1.165) is 29.8 Å². The Morgan fingerprint density at radius 3 is 2.88 bits per heavy atom. The van der Waals surface area contributed by atoms with Crippen LogP contribution in [0.4, 0.5) is 0 Å². The highest BCUT2D eigenvalue weighted by Crippen LogP contribution is 2.10. The lowest BCUT2D eigenvalue weighted by Crippen LogP contribution is -2.32. The minimum Gasteiger partial charge on any atom is -0.307 e. The Labute approximate surface area is 111 Å². The summed E-state index contributed by atoms with van der Waals surface area (Å²) in [6, 6.07) is 6.62. The minimum absolute atomic E-state index is 0.539. The first-order valence-electron chi connectivity index (χ1n) is 5.93. The average molecular weight is 296 g/mol. The van der Waals surface area contributed by atoms with Crippen LogP contribution in [0.15, 0.2) is 30.6 Å². The highest BCUT2D eigenvalue weighted by Gasteiger charge is 2.11. The van der Waals surface area contributed by atoms with Gasteiger partial charge in [-0.1, -0.05) is 22.0 Å². The fraction of sp³-hybridized carbons (Fsp3) is 0.462. The summed E-state index contributed by atoms with van der Waals surface area (Å²) in [5.41, 5.74) is 2.15. The summed E-state index contributed by atoms with van der Waals surface area (Å²) in [7, 11) is 0. The Balaban J connectivity index is 2.16. The molecule has 2 rings (SSSR count). The monoisotopic (exact) mass is 295 g/mol. The van der Waals surface area contributed by atoms with E-state index >= 15 is 0 Å². The van der Waals surface area contributed by atoms with Crippen LogP contribution in [0.3, 0.4) is 0 Å². The maximum absolute atomic E-state index is 4.62. The molecule has 2 heterocycles. The maximum Gasteiger partial charge on any atom is 0.137 e. The third-order valence-electron chi connectivity index (χ3n) is 2.88. The number of alkyl halides is 1. The van der Waals surface area contributed by atoms with Crippen LogP contribution in [0.1, 0.15) is 19.5 Å². The van der Waals surface area contributed by atoms with Gasteiger partial charge in [0.25, 0.3) is 0 Å². The van der Waals surface area contributed by atoms with E-state index in [9.17, 15) is 0 Å². The number of pyridine rings is 1. The molecule has 0 fully saturated rings. The van der Waals surface area contributed by atoms with E-state index in [1.807, 2.05) is 24.4 Å². The first-order chi connectivity index (χ1) is 8.20. The molecule has 92 valence electrons. The fourth-order valence-corrected chi connectivity index (χ4v) is 2.36. The summed E-state index contributed by atoms with van der Waals surface area (Å²) in [5, 5.41) is 0.999. The van der Waals surface area contributed by atoms with Crippen molar-refractivity contribution < 1.29 is 0 Å². The van der Waals surface area contributed by atoms with Gasteiger partial charge in [0.2, 0.25) is 0 Å². The molecular weight excluding hydrogens is 278 g/mol. The predicted molar refractivity (Wildman–Crippen MR) is 74.5 cm³/mol. The fourth-order valence-electron chi connectivity index (χ4n) is 1.90. The van der Waals surface area contributed by atoms with Gasteiger partial charge in [0.05, 0.1) is 5.69 Å². The summed E-state index contributed by atoms with van der Waals surface area (Å²) in [5.74, 6) is 0. The molecule has 0 aliphatic rings. The van der Waals surface area contributed by atoms with Crippen LogP contribution in [-0.2, 0) is 6.54 Å². The van der Waals surface area contributed by atoms with Gasteiger partial charge in [0.1, 0.15) is 5.65 Å². The Kier molecular flexibility index (Phi) is 4.18. The van der Waals surface area contributed by atoms with Crippen molar-refractivity contribution in [2.75, 3.05) is 11.9 Å². The van der Waals surface area contributed by atoms with Crippen LogP contribution in [-0.4, -0.2) is 32.2 Å². The SMILES string of the molecule is CC(C)N(CCBr)Cc1cn2ccccc2n1. The van der Waals surface area contributed by atoms with Crippen LogP contribution in [0.25, 0.3) is 5.65 Å². The highest BCUT2D eigenvalue weighted by atomic mass is 79.9. The molecule has 0 amide bonds. The second-order valence-electron chi connectivity index (χ2n) is 4.45. The van der Waals surface area contributed by atoms with E-state index in [1.165, 1.54) is 0 Å². The topological polar surface area (TPSA) is 20.5 Å². The second-order valence-corrected chi connectivity index (χ2v) is 5.24. The molecule has 0 unspecified atom stereocenters. The summed E-state index contributed by atoms with van der Waals surface area (Å²) in [6.07, 6.45) is 4.15. The van der Waals surface area contributed by atoms with Crippen LogP contribution in [0.2, 0.25) is 0 Å². The minimum atomic E-state index is 0.539. The molecule has 0 aromatic carbocycles. The predicted octanol–water partition coefficient (Wildman–Crippen LogP) is 2.94. The van der Waals surface area contributed by atoms with Gasteiger partial charge in [-0.05, 0) is 26.0 Å². The van der Waals surface area contributed by atoms with Gasteiger partial charge >= 0.3 is 0 Å². The molecule has 0 aliphatic heterocycles. The van der Waals surface area contributed by atoms with E-state index in [4.69, 9.17) is 0 Å². The molecular formula is C13H18BrN3. The lowest BCUT2D eigenvalue weighted by molar-refractivity contribution is 0.225. The third kappa shape index (κ3) is 3.07. The molecule has 0 saturated carbocycles. The van der Waals surface area contributed by atoms with Crippen LogP contribution in [0, 0.1) is 0 Å². The van der Waals surface area contributed by atoms with Gasteiger partial charge in [-0.2, -0.15) is 0 Å². The van der Waals surface area contributed by atoms with Crippen molar-refractivity contribution in [2.24, 2.45) is 0 Å². The number of aromatic nitrogens is 2.